The van der Waals surface area contributed by atoms with Gasteiger partial charge in [-0.05, 0) is 48.1 Å². The first-order valence-electron chi connectivity index (χ1n) is 5.81. The number of hydrogen-bond donors (Lipinski definition) is 1. The Bertz CT molecular complexity index is 664. The van der Waals surface area contributed by atoms with Crippen LogP contribution >= 0.6 is 11.3 Å². The van der Waals surface area contributed by atoms with E-state index in [1.807, 2.05) is 0 Å². The maximum atomic E-state index is 4.65. The maximum absolute atomic E-state index is 4.65. The third kappa shape index (κ3) is 1.76. The van der Waals surface area contributed by atoms with Gasteiger partial charge in [0.2, 0.25) is 0 Å². The van der Waals surface area contributed by atoms with Gasteiger partial charge in [0.15, 0.2) is 0 Å². The maximum Gasteiger partial charge on any atom is 0.148 e. The summed E-state index contributed by atoms with van der Waals surface area (Å²) in [5.74, 6) is 0.987. The van der Waals surface area contributed by atoms with Crippen molar-refractivity contribution >= 4 is 22.4 Å². The molecule has 1 aromatic carbocycles. The first kappa shape index (κ1) is 10.5. The van der Waals surface area contributed by atoms with Crippen LogP contribution in [0.4, 0.5) is 0 Å². The molecule has 0 saturated heterocycles. The number of aryl methyl sites for hydroxylation is 2. The van der Waals surface area contributed by atoms with Crippen LogP contribution in [0.25, 0.3) is 21.7 Å². The van der Waals surface area contributed by atoms with Gasteiger partial charge >= 0.3 is 0 Å². The highest BCUT2D eigenvalue weighted by atomic mass is 32.1. The molecule has 0 radical (unpaired) electrons. The van der Waals surface area contributed by atoms with Crippen molar-refractivity contribution in [3.63, 3.8) is 0 Å². The van der Waals surface area contributed by atoms with Crippen molar-refractivity contribution in [3.8, 4) is 10.7 Å². The van der Waals surface area contributed by atoms with Crippen LogP contribution in [0, 0.1) is 6.92 Å². The normalized spacial score (nSPS) is 11.2. The standard InChI is InChI=1S/C14H14N2S/c1-3-10-4-5-11-12(8-10)16-14(15-11)13-9(2)6-7-17-13/h4-8H,3H2,1-2H3,(H,15,16). The smallest absolute Gasteiger partial charge is 0.148 e. The molecule has 0 bridgehead atoms. The molecule has 0 saturated carbocycles. The predicted molar refractivity (Wildman–Crippen MR) is 73.5 cm³/mol. The molecule has 0 fully saturated rings. The summed E-state index contributed by atoms with van der Waals surface area (Å²) in [6.45, 7) is 4.29. The number of fused-ring (bicyclic) bond motifs is 1. The van der Waals surface area contributed by atoms with Gasteiger partial charge in [-0.2, -0.15) is 0 Å². The summed E-state index contributed by atoms with van der Waals surface area (Å²) < 4.78 is 0. The minimum atomic E-state index is 0.987. The topological polar surface area (TPSA) is 28.7 Å². The molecule has 3 aromatic rings. The van der Waals surface area contributed by atoms with Gasteiger partial charge in [-0.3, -0.25) is 0 Å². The van der Waals surface area contributed by atoms with E-state index >= 15 is 0 Å². The summed E-state index contributed by atoms with van der Waals surface area (Å²) >= 11 is 1.73. The Morgan fingerprint density at radius 1 is 1.29 bits per heavy atom. The van der Waals surface area contributed by atoms with Gasteiger partial charge in [0.25, 0.3) is 0 Å². The molecular weight excluding hydrogens is 228 g/mol. The van der Waals surface area contributed by atoms with E-state index in [1.165, 1.54) is 16.0 Å². The van der Waals surface area contributed by atoms with Crippen molar-refractivity contribution in [2.24, 2.45) is 0 Å². The van der Waals surface area contributed by atoms with Crippen LogP contribution < -0.4 is 0 Å². The van der Waals surface area contributed by atoms with E-state index in [2.05, 4.69) is 53.5 Å². The van der Waals surface area contributed by atoms with Crippen molar-refractivity contribution in [1.29, 1.82) is 0 Å². The Labute approximate surface area is 104 Å². The zero-order valence-corrected chi connectivity index (χ0v) is 10.8. The van der Waals surface area contributed by atoms with Gasteiger partial charge in [0.1, 0.15) is 5.82 Å². The van der Waals surface area contributed by atoms with Gasteiger partial charge in [0.05, 0.1) is 15.9 Å². The van der Waals surface area contributed by atoms with Crippen LogP contribution in [-0.4, -0.2) is 9.97 Å². The Kier molecular flexibility index (Phi) is 2.48. The molecular formula is C14H14N2S. The Balaban J connectivity index is 2.17. The van der Waals surface area contributed by atoms with Crippen LogP contribution in [0.5, 0.6) is 0 Å². The zero-order valence-electron chi connectivity index (χ0n) is 9.95. The number of aromatic amines is 1. The van der Waals surface area contributed by atoms with E-state index in [0.29, 0.717) is 0 Å². The summed E-state index contributed by atoms with van der Waals surface area (Å²) in [5, 5.41) is 2.11. The fraction of sp³-hybridized carbons (Fsp3) is 0.214. The van der Waals surface area contributed by atoms with E-state index in [-0.39, 0.29) is 0 Å². The van der Waals surface area contributed by atoms with Crippen LogP contribution in [0.3, 0.4) is 0 Å². The van der Waals surface area contributed by atoms with Gasteiger partial charge in [-0.15, -0.1) is 11.3 Å². The predicted octanol–water partition coefficient (Wildman–Crippen LogP) is 4.16. The molecule has 0 amide bonds. The molecule has 1 N–H and O–H groups in total. The monoisotopic (exact) mass is 242 g/mol. The van der Waals surface area contributed by atoms with E-state index in [0.717, 1.165) is 23.3 Å². The number of aromatic nitrogens is 2. The molecule has 0 aliphatic carbocycles. The van der Waals surface area contributed by atoms with Crippen molar-refractivity contribution in [3.05, 3.63) is 40.8 Å². The fourth-order valence-electron chi connectivity index (χ4n) is 2.00. The van der Waals surface area contributed by atoms with Crippen LogP contribution in [-0.2, 0) is 6.42 Å². The van der Waals surface area contributed by atoms with E-state index in [4.69, 9.17) is 0 Å². The minimum absolute atomic E-state index is 0.987. The number of benzene rings is 1. The summed E-state index contributed by atoms with van der Waals surface area (Å²) in [5.41, 5.74) is 4.80. The van der Waals surface area contributed by atoms with E-state index < -0.39 is 0 Å². The third-order valence-electron chi connectivity index (χ3n) is 3.03. The van der Waals surface area contributed by atoms with Gasteiger partial charge in [-0.25, -0.2) is 4.98 Å². The summed E-state index contributed by atoms with van der Waals surface area (Å²) in [6, 6.07) is 8.56. The number of H-pyrrole nitrogens is 1. The van der Waals surface area contributed by atoms with Crippen LogP contribution in [0.15, 0.2) is 29.6 Å². The van der Waals surface area contributed by atoms with Gasteiger partial charge < -0.3 is 4.98 Å². The average Bonchev–Trinajstić information content (AvgIpc) is 2.93. The highest BCUT2D eigenvalue weighted by Crippen LogP contribution is 2.28. The highest BCUT2D eigenvalue weighted by Gasteiger charge is 2.08. The molecule has 86 valence electrons. The molecule has 2 aromatic heterocycles. The number of nitrogens with zero attached hydrogens (tertiary/aromatic N) is 1. The molecule has 2 nitrogen and oxygen atoms in total. The number of hydrogen-bond acceptors (Lipinski definition) is 2. The lowest BCUT2D eigenvalue weighted by Crippen LogP contribution is -1.78. The van der Waals surface area contributed by atoms with Crippen LogP contribution in [0.1, 0.15) is 18.1 Å². The Hall–Kier alpha value is -1.61. The fourth-order valence-corrected chi connectivity index (χ4v) is 2.87. The Morgan fingerprint density at radius 3 is 2.88 bits per heavy atom. The summed E-state index contributed by atoms with van der Waals surface area (Å²) in [4.78, 5) is 9.29. The quantitative estimate of drug-likeness (QED) is 0.718. The van der Waals surface area contributed by atoms with Crippen molar-refractivity contribution in [2.75, 3.05) is 0 Å². The van der Waals surface area contributed by atoms with Gasteiger partial charge in [-0.1, -0.05) is 13.0 Å². The van der Waals surface area contributed by atoms with Gasteiger partial charge in [0, 0.05) is 0 Å². The largest absolute Gasteiger partial charge is 0.337 e. The summed E-state index contributed by atoms with van der Waals surface area (Å²) in [7, 11) is 0. The zero-order chi connectivity index (χ0) is 11.8. The number of thiophene rings is 1. The third-order valence-corrected chi connectivity index (χ3v) is 4.05. The van der Waals surface area contributed by atoms with Crippen molar-refractivity contribution in [2.45, 2.75) is 20.3 Å². The highest BCUT2D eigenvalue weighted by molar-refractivity contribution is 7.13. The second-order valence-corrected chi connectivity index (χ2v) is 5.14. The number of imidazole rings is 1. The number of rotatable bonds is 2. The first-order chi connectivity index (χ1) is 8.28. The van der Waals surface area contributed by atoms with Crippen LogP contribution in [0.2, 0.25) is 0 Å². The van der Waals surface area contributed by atoms with E-state index in [9.17, 15) is 0 Å². The lowest BCUT2D eigenvalue weighted by Gasteiger charge is -1.94. The molecule has 17 heavy (non-hydrogen) atoms. The SMILES string of the molecule is CCc1ccc2nc(-c3sccc3C)[nH]c2c1. The molecule has 2 heterocycles. The van der Waals surface area contributed by atoms with E-state index in [1.54, 1.807) is 11.3 Å². The molecule has 0 spiro atoms. The second kappa shape index (κ2) is 4.00. The molecule has 0 aliphatic rings. The first-order valence-corrected chi connectivity index (χ1v) is 6.69. The molecule has 0 unspecified atom stereocenters. The second-order valence-electron chi connectivity index (χ2n) is 4.22. The molecule has 0 atom stereocenters. The summed E-state index contributed by atoms with van der Waals surface area (Å²) in [6.07, 6.45) is 1.06. The number of nitrogens with one attached hydrogen (secondary N) is 1. The molecule has 3 rings (SSSR count). The Morgan fingerprint density at radius 2 is 2.18 bits per heavy atom. The van der Waals surface area contributed by atoms with Crippen molar-refractivity contribution in [1.82, 2.24) is 9.97 Å². The lowest BCUT2D eigenvalue weighted by atomic mass is 10.1. The lowest BCUT2D eigenvalue weighted by molar-refractivity contribution is 1.14. The van der Waals surface area contributed by atoms with Crippen molar-refractivity contribution < 1.29 is 0 Å². The molecule has 3 heteroatoms. The minimum Gasteiger partial charge on any atom is -0.337 e. The molecule has 0 aliphatic heterocycles. The average molecular weight is 242 g/mol.